The molecule has 0 amide bonds. The second-order valence-corrected chi connectivity index (χ2v) is 7.14. The van der Waals surface area contributed by atoms with Crippen LogP contribution in [0.1, 0.15) is 56.2 Å². The maximum atomic E-state index is 8.82. The molecule has 0 fully saturated rings. The Morgan fingerprint density at radius 3 is 2.71 bits per heavy atom. The van der Waals surface area contributed by atoms with Gasteiger partial charge in [-0.05, 0) is 62.3 Å². The number of fused-ring (bicyclic) bond motifs is 2. The molecular formula is C20H27ClN2O. The Morgan fingerprint density at radius 2 is 1.83 bits per heavy atom. The average molecular weight is 347 g/mol. The van der Waals surface area contributed by atoms with Crippen LogP contribution in [-0.2, 0) is 12.8 Å². The normalized spacial score (nSPS) is 13.9. The maximum absolute atomic E-state index is 8.82. The van der Waals surface area contributed by atoms with E-state index in [2.05, 4.69) is 11.4 Å². The van der Waals surface area contributed by atoms with Crippen LogP contribution in [0.2, 0.25) is 5.02 Å². The number of anilines is 1. The lowest BCUT2D eigenvalue weighted by atomic mass is 9.92. The Labute approximate surface area is 149 Å². The first-order valence-corrected chi connectivity index (χ1v) is 9.63. The van der Waals surface area contributed by atoms with Crippen LogP contribution in [-0.4, -0.2) is 23.2 Å². The Morgan fingerprint density at radius 1 is 1.04 bits per heavy atom. The summed E-state index contributed by atoms with van der Waals surface area (Å²) in [7, 11) is 0. The minimum absolute atomic E-state index is 0.315. The van der Waals surface area contributed by atoms with Gasteiger partial charge in [-0.2, -0.15) is 0 Å². The number of halogens is 1. The standard InChI is InChI=1S/C20H27ClN2O/c21-15-10-11-17-19(14-15)23-18-9-5-4-8-16(18)20(17)22-12-6-2-1-3-7-13-24/h10-11,14,24H,1-9,12-13H2,(H,22,23). The third-order valence-corrected chi connectivity index (χ3v) is 5.10. The predicted molar refractivity (Wildman–Crippen MR) is 102 cm³/mol. The van der Waals surface area contributed by atoms with E-state index in [1.165, 1.54) is 48.0 Å². The minimum atomic E-state index is 0.315. The molecule has 0 unspecified atom stereocenters. The van der Waals surface area contributed by atoms with E-state index < -0.39 is 0 Å². The molecule has 0 saturated heterocycles. The van der Waals surface area contributed by atoms with Crippen molar-refractivity contribution in [2.75, 3.05) is 18.5 Å². The van der Waals surface area contributed by atoms with E-state index in [-0.39, 0.29) is 0 Å². The van der Waals surface area contributed by atoms with Gasteiger partial charge in [0.05, 0.1) is 5.52 Å². The summed E-state index contributed by atoms with van der Waals surface area (Å²) in [6.45, 7) is 1.31. The highest BCUT2D eigenvalue weighted by Crippen LogP contribution is 2.34. The third-order valence-electron chi connectivity index (χ3n) is 4.86. The van der Waals surface area contributed by atoms with Crippen molar-refractivity contribution in [3.8, 4) is 0 Å². The van der Waals surface area contributed by atoms with E-state index in [1.54, 1.807) is 0 Å². The largest absolute Gasteiger partial charge is 0.396 e. The molecule has 1 heterocycles. The summed E-state index contributed by atoms with van der Waals surface area (Å²) in [5, 5.41) is 14.5. The maximum Gasteiger partial charge on any atom is 0.0741 e. The van der Waals surface area contributed by atoms with Crippen LogP contribution in [0.5, 0.6) is 0 Å². The zero-order chi connectivity index (χ0) is 16.8. The number of nitrogens with one attached hydrogen (secondary N) is 1. The number of aliphatic hydroxyl groups is 1. The molecule has 3 rings (SSSR count). The summed E-state index contributed by atoms with van der Waals surface area (Å²) in [5.74, 6) is 0. The molecule has 130 valence electrons. The molecule has 2 aromatic rings. The van der Waals surface area contributed by atoms with E-state index in [4.69, 9.17) is 21.7 Å². The number of aromatic nitrogens is 1. The molecule has 24 heavy (non-hydrogen) atoms. The number of aryl methyl sites for hydroxylation is 1. The molecule has 1 aromatic carbocycles. The Balaban J connectivity index is 1.73. The predicted octanol–water partition coefficient (Wildman–Crippen LogP) is 5.12. The lowest BCUT2D eigenvalue weighted by molar-refractivity contribution is 0.282. The number of unbranched alkanes of at least 4 members (excludes halogenated alkanes) is 4. The van der Waals surface area contributed by atoms with Crippen LogP contribution in [0.15, 0.2) is 18.2 Å². The molecule has 0 bridgehead atoms. The van der Waals surface area contributed by atoms with Gasteiger partial charge in [0, 0.05) is 34.9 Å². The highest BCUT2D eigenvalue weighted by Gasteiger charge is 2.18. The number of aliphatic hydroxyl groups excluding tert-OH is 1. The molecular weight excluding hydrogens is 320 g/mol. The first-order chi connectivity index (χ1) is 11.8. The van der Waals surface area contributed by atoms with Crippen molar-refractivity contribution in [1.82, 2.24) is 4.98 Å². The highest BCUT2D eigenvalue weighted by molar-refractivity contribution is 6.31. The fraction of sp³-hybridized carbons (Fsp3) is 0.550. The van der Waals surface area contributed by atoms with Crippen molar-refractivity contribution < 1.29 is 5.11 Å². The number of hydrogen-bond acceptors (Lipinski definition) is 3. The second kappa shape index (κ2) is 8.68. The SMILES string of the molecule is OCCCCCCCNc1c2c(nc3cc(Cl)ccc13)CCCC2. The van der Waals surface area contributed by atoms with Crippen molar-refractivity contribution >= 4 is 28.2 Å². The summed E-state index contributed by atoms with van der Waals surface area (Å²) in [6, 6.07) is 6.04. The Bertz CT molecular complexity index is 687. The first kappa shape index (κ1) is 17.5. The fourth-order valence-corrected chi connectivity index (χ4v) is 3.75. The van der Waals surface area contributed by atoms with Gasteiger partial charge in [0.2, 0.25) is 0 Å². The molecule has 1 aromatic heterocycles. The van der Waals surface area contributed by atoms with Crippen LogP contribution in [0.4, 0.5) is 5.69 Å². The van der Waals surface area contributed by atoms with Gasteiger partial charge in [-0.3, -0.25) is 4.98 Å². The lowest BCUT2D eigenvalue weighted by Gasteiger charge is -2.22. The smallest absolute Gasteiger partial charge is 0.0741 e. The molecule has 2 N–H and O–H groups in total. The van der Waals surface area contributed by atoms with Crippen LogP contribution in [0, 0.1) is 0 Å². The van der Waals surface area contributed by atoms with Gasteiger partial charge >= 0.3 is 0 Å². The summed E-state index contributed by atoms with van der Waals surface area (Å²) < 4.78 is 0. The van der Waals surface area contributed by atoms with Crippen LogP contribution in [0.3, 0.4) is 0 Å². The Hall–Kier alpha value is -1.32. The summed E-state index contributed by atoms with van der Waals surface area (Å²) in [6.07, 6.45) is 10.3. The molecule has 1 aliphatic carbocycles. The van der Waals surface area contributed by atoms with Crippen molar-refractivity contribution in [3.05, 3.63) is 34.5 Å². The van der Waals surface area contributed by atoms with E-state index in [9.17, 15) is 0 Å². The van der Waals surface area contributed by atoms with E-state index >= 15 is 0 Å². The van der Waals surface area contributed by atoms with Gasteiger partial charge in [0.25, 0.3) is 0 Å². The zero-order valence-corrected chi connectivity index (χ0v) is 15.0. The van der Waals surface area contributed by atoms with Crippen LogP contribution in [0.25, 0.3) is 10.9 Å². The molecule has 0 saturated carbocycles. The zero-order valence-electron chi connectivity index (χ0n) is 14.3. The molecule has 4 heteroatoms. The summed E-state index contributed by atoms with van der Waals surface area (Å²) in [5.41, 5.74) is 4.95. The second-order valence-electron chi connectivity index (χ2n) is 6.70. The molecule has 0 aliphatic heterocycles. The first-order valence-electron chi connectivity index (χ1n) is 9.25. The van der Waals surface area contributed by atoms with E-state index in [0.29, 0.717) is 6.61 Å². The lowest BCUT2D eigenvalue weighted by Crippen LogP contribution is -2.12. The van der Waals surface area contributed by atoms with Gasteiger partial charge in [-0.25, -0.2) is 0 Å². The molecule has 0 spiro atoms. The number of pyridine rings is 1. The summed E-state index contributed by atoms with van der Waals surface area (Å²) >= 11 is 6.16. The van der Waals surface area contributed by atoms with Crippen LogP contribution < -0.4 is 5.32 Å². The van der Waals surface area contributed by atoms with Crippen molar-refractivity contribution in [3.63, 3.8) is 0 Å². The van der Waals surface area contributed by atoms with E-state index in [1.807, 2.05) is 12.1 Å². The highest BCUT2D eigenvalue weighted by atomic mass is 35.5. The monoisotopic (exact) mass is 346 g/mol. The van der Waals surface area contributed by atoms with E-state index in [0.717, 1.165) is 49.2 Å². The van der Waals surface area contributed by atoms with Gasteiger partial charge in [-0.15, -0.1) is 0 Å². The molecule has 0 radical (unpaired) electrons. The van der Waals surface area contributed by atoms with Gasteiger partial charge in [-0.1, -0.05) is 30.9 Å². The average Bonchev–Trinajstić information content (AvgIpc) is 2.60. The van der Waals surface area contributed by atoms with Gasteiger partial charge in [0.15, 0.2) is 0 Å². The van der Waals surface area contributed by atoms with Crippen molar-refractivity contribution in [2.45, 2.75) is 57.8 Å². The van der Waals surface area contributed by atoms with Gasteiger partial charge < -0.3 is 10.4 Å². The van der Waals surface area contributed by atoms with Crippen molar-refractivity contribution in [1.29, 1.82) is 0 Å². The molecule has 1 aliphatic rings. The third kappa shape index (κ3) is 4.20. The number of rotatable bonds is 8. The number of hydrogen-bond donors (Lipinski definition) is 2. The number of benzene rings is 1. The Kier molecular flexibility index (Phi) is 6.33. The molecule has 0 atom stereocenters. The topological polar surface area (TPSA) is 45.1 Å². The summed E-state index contributed by atoms with van der Waals surface area (Å²) in [4.78, 5) is 4.87. The van der Waals surface area contributed by atoms with Crippen molar-refractivity contribution in [2.24, 2.45) is 0 Å². The quantitative estimate of drug-likeness (QED) is 0.652. The molecule has 3 nitrogen and oxygen atoms in total. The minimum Gasteiger partial charge on any atom is -0.396 e. The van der Waals surface area contributed by atoms with Gasteiger partial charge in [0.1, 0.15) is 0 Å². The number of nitrogens with zero attached hydrogens (tertiary/aromatic N) is 1. The van der Waals surface area contributed by atoms with Crippen LogP contribution >= 0.6 is 11.6 Å². The fourth-order valence-electron chi connectivity index (χ4n) is 3.58.